The van der Waals surface area contributed by atoms with Crippen LogP contribution in [0.2, 0.25) is 0 Å². The number of nitriles is 1. The summed E-state index contributed by atoms with van der Waals surface area (Å²) in [7, 11) is 0. The predicted octanol–water partition coefficient (Wildman–Crippen LogP) is 4.35. The van der Waals surface area contributed by atoms with Gasteiger partial charge in [-0.3, -0.25) is 0 Å². The number of rotatable bonds is 5. The second-order valence-corrected chi connectivity index (χ2v) is 5.85. The van der Waals surface area contributed by atoms with E-state index >= 15 is 0 Å². The summed E-state index contributed by atoms with van der Waals surface area (Å²) < 4.78 is 0. The summed E-state index contributed by atoms with van der Waals surface area (Å²) in [5.74, 6) is 1.38. The summed E-state index contributed by atoms with van der Waals surface area (Å²) in [6, 6.07) is 17.3. The largest absolute Gasteiger partial charge is 0.339 e. The van der Waals surface area contributed by atoms with E-state index in [1.807, 2.05) is 30.3 Å². The zero-order valence-electron chi connectivity index (χ0n) is 14.1. The smallest absolute Gasteiger partial charge is 0.249 e. The van der Waals surface area contributed by atoms with Crippen LogP contribution in [-0.2, 0) is 0 Å². The molecule has 0 bridgehead atoms. The van der Waals surface area contributed by atoms with Crippen molar-refractivity contribution in [1.82, 2.24) is 15.2 Å². The van der Waals surface area contributed by atoms with Crippen LogP contribution in [0.5, 0.6) is 0 Å². The van der Waals surface area contributed by atoms with Gasteiger partial charge in [-0.2, -0.15) is 15.3 Å². The number of hydrogen-bond donors (Lipinski definition) is 2. The summed E-state index contributed by atoms with van der Waals surface area (Å²) >= 11 is 0. The van der Waals surface area contributed by atoms with Crippen LogP contribution >= 0.6 is 0 Å². The van der Waals surface area contributed by atoms with Crippen molar-refractivity contribution in [2.45, 2.75) is 19.8 Å². The summed E-state index contributed by atoms with van der Waals surface area (Å²) in [6.45, 7) is 4.28. The molecule has 3 rings (SSSR count). The van der Waals surface area contributed by atoms with Crippen LogP contribution in [0.1, 0.15) is 30.9 Å². The molecule has 124 valence electrons. The summed E-state index contributed by atoms with van der Waals surface area (Å²) in [5.41, 5.74) is 3.60. The molecule has 0 spiro atoms. The van der Waals surface area contributed by atoms with E-state index in [1.54, 1.807) is 18.3 Å². The van der Waals surface area contributed by atoms with Gasteiger partial charge in [-0.15, -0.1) is 5.10 Å². The van der Waals surface area contributed by atoms with Crippen molar-refractivity contribution in [1.29, 1.82) is 5.26 Å². The molecule has 0 aliphatic rings. The van der Waals surface area contributed by atoms with Gasteiger partial charge in [0.25, 0.3) is 0 Å². The third kappa shape index (κ3) is 4.09. The Kier molecular flexibility index (Phi) is 4.86. The molecular formula is C19H18N6. The molecule has 0 amide bonds. The molecule has 1 aromatic heterocycles. The molecule has 1 heterocycles. The van der Waals surface area contributed by atoms with E-state index in [-0.39, 0.29) is 0 Å². The lowest BCUT2D eigenvalue weighted by Crippen LogP contribution is -2.04. The average Bonchev–Trinajstić information content (AvgIpc) is 2.63. The minimum Gasteiger partial charge on any atom is -0.339 e. The summed E-state index contributed by atoms with van der Waals surface area (Å²) in [4.78, 5) is 4.45. The first-order chi connectivity index (χ1) is 12.2. The van der Waals surface area contributed by atoms with Crippen molar-refractivity contribution in [2.24, 2.45) is 0 Å². The molecule has 3 aromatic rings. The highest BCUT2D eigenvalue weighted by Crippen LogP contribution is 2.26. The molecule has 0 aliphatic heterocycles. The number of anilines is 4. The number of aromatic nitrogens is 3. The third-order valence-corrected chi connectivity index (χ3v) is 3.67. The van der Waals surface area contributed by atoms with Gasteiger partial charge in [0.1, 0.15) is 0 Å². The Hall–Kier alpha value is -3.46. The van der Waals surface area contributed by atoms with Crippen LogP contribution in [-0.4, -0.2) is 15.2 Å². The minimum atomic E-state index is 0.386. The van der Waals surface area contributed by atoms with Crippen LogP contribution in [0, 0.1) is 11.3 Å². The lowest BCUT2D eigenvalue weighted by Gasteiger charge is -2.13. The molecule has 0 saturated heterocycles. The van der Waals surface area contributed by atoms with Gasteiger partial charge in [-0.05, 0) is 41.8 Å². The first kappa shape index (κ1) is 16.4. The van der Waals surface area contributed by atoms with E-state index in [4.69, 9.17) is 5.26 Å². The fourth-order valence-electron chi connectivity index (χ4n) is 2.43. The third-order valence-electron chi connectivity index (χ3n) is 3.67. The minimum absolute atomic E-state index is 0.386. The SMILES string of the molecule is CC(C)c1ccccc1Nc1nncc(Nc2ccc(C#N)cc2)n1. The van der Waals surface area contributed by atoms with Crippen molar-refractivity contribution in [3.63, 3.8) is 0 Å². The van der Waals surface area contributed by atoms with Gasteiger partial charge in [0.2, 0.25) is 5.95 Å². The van der Waals surface area contributed by atoms with E-state index in [0.29, 0.717) is 23.2 Å². The Morgan fingerprint density at radius 1 is 1.00 bits per heavy atom. The highest BCUT2D eigenvalue weighted by Gasteiger charge is 2.08. The molecule has 6 heteroatoms. The molecule has 0 aliphatic carbocycles. The Morgan fingerprint density at radius 2 is 1.76 bits per heavy atom. The lowest BCUT2D eigenvalue weighted by molar-refractivity contribution is 0.867. The zero-order chi connectivity index (χ0) is 17.6. The highest BCUT2D eigenvalue weighted by molar-refractivity contribution is 5.61. The van der Waals surface area contributed by atoms with Crippen LogP contribution in [0.15, 0.2) is 54.7 Å². The van der Waals surface area contributed by atoms with Crippen molar-refractivity contribution >= 4 is 23.1 Å². The average molecular weight is 330 g/mol. The molecule has 0 atom stereocenters. The maximum atomic E-state index is 8.85. The van der Waals surface area contributed by atoms with Crippen LogP contribution in [0.4, 0.5) is 23.1 Å². The van der Waals surface area contributed by atoms with Crippen LogP contribution in [0.3, 0.4) is 0 Å². The van der Waals surface area contributed by atoms with Gasteiger partial charge < -0.3 is 10.6 Å². The Morgan fingerprint density at radius 3 is 2.48 bits per heavy atom. The van der Waals surface area contributed by atoms with Crippen LogP contribution in [0.25, 0.3) is 0 Å². The molecule has 0 radical (unpaired) electrons. The van der Waals surface area contributed by atoms with E-state index < -0.39 is 0 Å². The van der Waals surface area contributed by atoms with Crippen molar-refractivity contribution in [3.8, 4) is 6.07 Å². The fourth-order valence-corrected chi connectivity index (χ4v) is 2.43. The van der Waals surface area contributed by atoms with Gasteiger partial charge in [-0.25, -0.2) is 0 Å². The van der Waals surface area contributed by atoms with Crippen molar-refractivity contribution < 1.29 is 0 Å². The Bertz CT molecular complexity index is 896. The first-order valence-corrected chi connectivity index (χ1v) is 7.98. The Balaban J connectivity index is 1.79. The number of benzene rings is 2. The summed E-state index contributed by atoms with van der Waals surface area (Å²) in [5, 5.41) is 23.3. The topological polar surface area (TPSA) is 86.5 Å². The van der Waals surface area contributed by atoms with E-state index in [1.165, 1.54) is 5.56 Å². The quantitative estimate of drug-likeness (QED) is 0.723. The standard InChI is InChI=1S/C19H18N6/c1-13(2)16-5-3-4-6-17(16)23-19-24-18(12-21-25-19)22-15-9-7-14(11-20)8-10-15/h3-10,12-13H,1-2H3,(H2,22,23,24,25). The van der Waals surface area contributed by atoms with Crippen molar-refractivity contribution in [3.05, 3.63) is 65.9 Å². The van der Waals surface area contributed by atoms with Gasteiger partial charge in [0.05, 0.1) is 17.8 Å². The zero-order valence-corrected chi connectivity index (χ0v) is 14.1. The summed E-state index contributed by atoms with van der Waals surface area (Å²) in [6.07, 6.45) is 1.55. The number of nitrogens with one attached hydrogen (secondary N) is 2. The molecule has 2 aromatic carbocycles. The fraction of sp³-hybridized carbons (Fsp3) is 0.158. The molecule has 0 unspecified atom stereocenters. The molecule has 2 N–H and O–H groups in total. The molecule has 0 fully saturated rings. The van der Waals surface area contributed by atoms with Gasteiger partial charge in [0, 0.05) is 11.4 Å². The van der Waals surface area contributed by atoms with E-state index in [0.717, 1.165) is 11.4 Å². The molecule has 0 saturated carbocycles. The maximum Gasteiger partial charge on any atom is 0.249 e. The maximum absolute atomic E-state index is 8.85. The molecule has 6 nitrogen and oxygen atoms in total. The number of hydrogen-bond acceptors (Lipinski definition) is 6. The molecule has 25 heavy (non-hydrogen) atoms. The first-order valence-electron chi connectivity index (χ1n) is 7.98. The lowest BCUT2D eigenvalue weighted by atomic mass is 10.0. The van der Waals surface area contributed by atoms with E-state index in [9.17, 15) is 0 Å². The van der Waals surface area contributed by atoms with Gasteiger partial charge in [0.15, 0.2) is 5.82 Å². The van der Waals surface area contributed by atoms with E-state index in [2.05, 4.69) is 51.8 Å². The predicted molar refractivity (Wildman–Crippen MR) is 98.1 cm³/mol. The monoisotopic (exact) mass is 330 g/mol. The number of para-hydroxylation sites is 1. The highest BCUT2D eigenvalue weighted by atomic mass is 15.3. The second-order valence-electron chi connectivity index (χ2n) is 5.85. The normalized spacial score (nSPS) is 10.3. The van der Waals surface area contributed by atoms with Crippen LogP contribution < -0.4 is 10.6 Å². The van der Waals surface area contributed by atoms with Crippen molar-refractivity contribution in [2.75, 3.05) is 10.6 Å². The van der Waals surface area contributed by atoms with Gasteiger partial charge in [-0.1, -0.05) is 32.0 Å². The second kappa shape index (κ2) is 7.41. The molecular weight excluding hydrogens is 312 g/mol. The van der Waals surface area contributed by atoms with Gasteiger partial charge >= 0.3 is 0 Å². The Labute approximate surface area is 146 Å². The number of nitrogens with zero attached hydrogens (tertiary/aromatic N) is 4.